The van der Waals surface area contributed by atoms with Gasteiger partial charge in [0.25, 0.3) is 0 Å². The molecule has 4 rings (SSSR count). The molecule has 6 heteroatoms. The van der Waals surface area contributed by atoms with Crippen molar-refractivity contribution in [1.29, 1.82) is 0 Å². The number of aliphatic imine (C=N–C) groups is 1. The first-order chi connectivity index (χ1) is 14.1. The van der Waals surface area contributed by atoms with Gasteiger partial charge in [0.15, 0.2) is 5.70 Å². The van der Waals surface area contributed by atoms with E-state index in [4.69, 9.17) is 9.47 Å². The van der Waals surface area contributed by atoms with Crippen molar-refractivity contribution >= 4 is 33.9 Å². The molecule has 144 valence electrons. The van der Waals surface area contributed by atoms with Crippen LogP contribution in [0.25, 0.3) is 6.08 Å². The number of carbonyl (C=O) groups excluding carboxylic acids is 1. The lowest BCUT2D eigenvalue weighted by atomic mass is 10.2. The van der Waals surface area contributed by atoms with E-state index in [0.29, 0.717) is 12.2 Å². The van der Waals surface area contributed by atoms with Crippen LogP contribution in [0.4, 0.5) is 4.39 Å². The van der Waals surface area contributed by atoms with Crippen LogP contribution in [-0.2, 0) is 16.1 Å². The average Bonchev–Trinajstić information content (AvgIpc) is 3.09. The van der Waals surface area contributed by atoms with Gasteiger partial charge in [0.2, 0.25) is 5.90 Å². The van der Waals surface area contributed by atoms with Gasteiger partial charge >= 0.3 is 5.97 Å². The van der Waals surface area contributed by atoms with Crippen molar-refractivity contribution in [3.63, 3.8) is 0 Å². The standard InChI is InChI=1S/C23H15BrFNO3/c24-18-7-1-16(2-8-18)14-28-20-11-3-15(4-12-20)13-21-23(27)29-22(26-21)17-5-9-19(25)10-6-17/h1-13H,14H2/b21-13-. The van der Waals surface area contributed by atoms with Crippen molar-refractivity contribution in [3.05, 3.63) is 105 Å². The molecule has 0 N–H and O–H groups in total. The van der Waals surface area contributed by atoms with Crippen LogP contribution in [0.15, 0.2) is 88.0 Å². The van der Waals surface area contributed by atoms with Crippen LogP contribution in [0.2, 0.25) is 0 Å². The van der Waals surface area contributed by atoms with Crippen molar-refractivity contribution in [2.75, 3.05) is 0 Å². The van der Waals surface area contributed by atoms with E-state index in [1.807, 2.05) is 48.5 Å². The molecule has 1 heterocycles. The van der Waals surface area contributed by atoms with Crippen LogP contribution in [0.3, 0.4) is 0 Å². The first kappa shape index (κ1) is 19.1. The Labute approximate surface area is 175 Å². The van der Waals surface area contributed by atoms with Crippen LogP contribution in [0, 0.1) is 5.82 Å². The van der Waals surface area contributed by atoms with E-state index in [-0.39, 0.29) is 17.4 Å². The third-order valence-corrected chi connectivity index (χ3v) is 4.74. The van der Waals surface area contributed by atoms with E-state index in [2.05, 4.69) is 20.9 Å². The number of hydrogen-bond acceptors (Lipinski definition) is 4. The Bertz CT molecular complexity index is 1090. The Kier molecular flexibility index (Phi) is 5.53. The molecule has 29 heavy (non-hydrogen) atoms. The highest BCUT2D eigenvalue weighted by Gasteiger charge is 2.24. The fraction of sp³-hybridized carbons (Fsp3) is 0.0435. The number of ether oxygens (including phenoxy) is 2. The summed E-state index contributed by atoms with van der Waals surface area (Å²) in [5, 5.41) is 0. The minimum atomic E-state index is -0.542. The minimum Gasteiger partial charge on any atom is -0.489 e. The normalized spacial score (nSPS) is 14.6. The number of benzene rings is 3. The number of carbonyl (C=O) groups is 1. The lowest BCUT2D eigenvalue weighted by Gasteiger charge is -2.06. The molecule has 0 amide bonds. The Balaban J connectivity index is 1.44. The maximum absolute atomic E-state index is 13.0. The van der Waals surface area contributed by atoms with Crippen LogP contribution in [0.1, 0.15) is 16.7 Å². The van der Waals surface area contributed by atoms with Crippen LogP contribution < -0.4 is 4.74 Å². The molecule has 0 aliphatic carbocycles. The Morgan fingerprint density at radius 1 is 0.966 bits per heavy atom. The van der Waals surface area contributed by atoms with E-state index in [1.165, 1.54) is 24.3 Å². The second kappa shape index (κ2) is 8.41. The smallest absolute Gasteiger partial charge is 0.363 e. The summed E-state index contributed by atoms with van der Waals surface area (Å²) in [5.41, 5.74) is 2.58. The van der Waals surface area contributed by atoms with Crippen LogP contribution in [-0.4, -0.2) is 11.9 Å². The maximum atomic E-state index is 13.0. The highest BCUT2D eigenvalue weighted by Crippen LogP contribution is 2.21. The average molecular weight is 452 g/mol. The fourth-order valence-corrected chi connectivity index (χ4v) is 2.95. The highest BCUT2D eigenvalue weighted by molar-refractivity contribution is 9.10. The van der Waals surface area contributed by atoms with E-state index in [0.717, 1.165) is 21.3 Å². The van der Waals surface area contributed by atoms with Gasteiger partial charge in [-0.2, -0.15) is 0 Å². The number of cyclic esters (lactones) is 1. The zero-order valence-electron chi connectivity index (χ0n) is 15.1. The van der Waals surface area contributed by atoms with E-state index in [9.17, 15) is 9.18 Å². The Morgan fingerprint density at radius 3 is 2.34 bits per heavy atom. The third-order valence-electron chi connectivity index (χ3n) is 4.21. The molecule has 0 saturated heterocycles. The number of nitrogens with zero attached hydrogens (tertiary/aromatic N) is 1. The fourth-order valence-electron chi connectivity index (χ4n) is 2.69. The lowest BCUT2D eigenvalue weighted by Crippen LogP contribution is -2.05. The SMILES string of the molecule is O=C1OC(c2ccc(F)cc2)=N/C1=C\c1ccc(OCc2ccc(Br)cc2)cc1. The molecule has 0 radical (unpaired) electrons. The first-order valence-electron chi connectivity index (χ1n) is 8.83. The van der Waals surface area contributed by atoms with Gasteiger partial charge in [-0.3, -0.25) is 0 Å². The van der Waals surface area contributed by atoms with Crippen LogP contribution in [0.5, 0.6) is 5.75 Å². The quantitative estimate of drug-likeness (QED) is 0.379. The molecule has 0 aromatic heterocycles. The molecule has 0 saturated carbocycles. The largest absolute Gasteiger partial charge is 0.489 e. The molecule has 0 unspecified atom stereocenters. The van der Waals surface area contributed by atoms with Gasteiger partial charge in [-0.05, 0) is 65.7 Å². The maximum Gasteiger partial charge on any atom is 0.363 e. The summed E-state index contributed by atoms with van der Waals surface area (Å²) >= 11 is 3.41. The summed E-state index contributed by atoms with van der Waals surface area (Å²) in [7, 11) is 0. The molecule has 0 atom stereocenters. The van der Waals surface area contributed by atoms with Gasteiger partial charge in [0.05, 0.1) is 0 Å². The first-order valence-corrected chi connectivity index (χ1v) is 9.62. The van der Waals surface area contributed by atoms with Gasteiger partial charge in [-0.1, -0.05) is 40.2 Å². The van der Waals surface area contributed by atoms with Crippen molar-refractivity contribution in [2.24, 2.45) is 4.99 Å². The molecule has 1 aliphatic rings. The molecule has 3 aromatic carbocycles. The number of halogens is 2. The van der Waals surface area contributed by atoms with E-state index >= 15 is 0 Å². The number of esters is 1. The van der Waals surface area contributed by atoms with E-state index in [1.54, 1.807) is 6.08 Å². The van der Waals surface area contributed by atoms with Gasteiger partial charge in [0.1, 0.15) is 18.2 Å². The van der Waals surface area contributed by atoms with Gasteiger partial charge in [-0.15, -0.1) is 0 Å². The lowest BCUT2D eigenvalue weighted by molar-refractivity contribution is -0.129. The van der Waals surface area contributed by atoms with Crippen molar-refractivity contribution in [1.82, 2.24) is 0 Å². The van der Waals surface area contributed by atoms with Crippen molar-refractivity contribution < 1.29 is 18.7 Å². The molecule has 0 fully saturated rings. The number of rotatable bonds is 5. The van der Waals surface area contributed by atoms with E-state index < -0.39 is 5.97 Å². The topological polar surface area (TPSA) is 47.9 Å². The summed E-state index contributed by atoms with van der Waals surface area (Å²) < 4.78 is 25.0. The summed E-state index contributed by atoms with van der Waals surface area (Å²) in [6, 6.07) is 20.9. The van der Waals surface area contributed by atoms with Gasteiger partial charge < -0.3 is 9.47 Å². The van der Waals surface area contributed by atoms with Crippen molar-refractivity contribution in [2.45, 2.75) is 6.61 Å². The Morgan fingerprint density at radius 2 is 1.66 bits per heavy atom. The summed E-state index contributed by atoms with van der Waals surface area (Å²) in [4.78, 5) is 16.3. The van der Waals surface area contributed by atoms with Crippen molar-refractivity contribution in [3.8, 4) is 5.75 Å². The molecule has 3 aromatic rings. The second-order valence-electron chi connectivity index (χ2n) is 6.33. The zero-order valence-corrected chi connectivity index (χ0v) is 16.7. The van der Waals surface area contributed by atoms with Crippen LogP contribution >= 0.6 is 15.9 Å². The summed E-state index contributed by atoms with van der Waals surface area (Å²) in [6.07, 6.45) is 1.64. The van der Waals surface area contributed by atoms with Gasteiger partial charge in [0, 0.05) is 10.0 Å². The molecule has 1 aliphatic heterocycles. The van der Waals surface area contributed by atoms with Gasteiger partial charge in [-0.25, -0.2) is 14.2 Å². The highest BCUT2D eigenvalue weighted by atomic mass is 79.9. The second-order valence-corrected chi connectivity index (χ2v) is 7.24. The molecule has 4 nitrogen and oxygen atoms in total. The number of hydrogen-bond donors (Lipinski definition) is 0. The predicted molar refractivity (Wildman–Crippen MR) is 112 cm³/mol. The zero-order chi connectivity index (χ0) is 20.2. The molecular weight excluding hydrogens is 437 g/mol. The molecular formula is C23H15BrFNO3. The minimum absolute atomic E-state index is 0.163. The molecule has 0 spiro atoms. The summed E-state index contributed by atoms with van der Waals surface area (Å²) in [5.74, 6) is -0.0213. The summed E-state index contributed by atoms with van der Waals surface area (Å²) in [6.45, 7) is 0.464. The third kappa shape index (κ3) is 4.78. The monoisotopic (exact) mass is 451 g/mol. The Hall–Kier alpha value is -3.25. The predicted octanol–water partition coefficient (Wildman–Crippen LogP) is 5.51. The molecule has 0 bridgehead atoms.